The summed E-state index contributed by atoms with van der Waals surface area (Å²) in [6.45, 7) is 0. The van der Waals surface area contributed by atoms with E-state index in [9.17, 15) is 4.79 Å². The molecule has 1 aromatic rings. The van der Waals surface area contributed by atoms with Crippen LogP contribution < -0.4 is 10.1 Å². The number of pyridine rings is 1. The van der Waals surface area contributed by atoms with Gasteiger partial charge in [-0.05, 0) is 49.2 Å². The molecule has 4 heteroatoms. The highest BCUT2D eigenvalue weighted by Crippen LogP contribution is 2.60. The Balaban J connectivity index is 1.41. The van der Waals surface area contributed by atoms with Gasteiger partial charge >= 0.3 is 0 Å². The van der Waals surface area contributed by atoms with Crippen molar-refractivity contribution in [2.75, 3.05) is 5.32 Å². The van der Waals surface area contributed by atoms with E-state index in [1.807, 2.05) is 6.07 Å². The second-order valence-electron chi connectivity index (χ2n) is 6.84. The highest BCUT2D eigenvalue weighted by molar-refractivity contribution is 5.93. The Morgan fingerprint density at radius 3 is 3.14 bits per heavy atom. The summed E-state index contributed by atoms with van der Waals surface area (Å²) in [7, 11) is 0. The van der Waals surface area contributed by atoms with Gasteiger partial charge in [-0.2, -0.15) is 0 Å². The zero-order valence-electron chi connectivity index (χ0n) is 12.3. The predicted molar refractivity (Wildman–Crippen MR) is 82.3 cm³/mol. The van der Waals surface area contributed by atoms with Gasteiger partial charge in [-0.25, -0.2) is 4.98 Å². The highest BCUT2D eigenvalue weighted by atomic mass is 16.5. The molecule has 5 rings (SSSR count). The standard InChI is InChI=1S/C18H18N2O2/c21-17-4-3-13-16(5-6-19-18(13)20-17)22-12-2-1-10-7-11-8-14(11)15(10)9-12/h1-2,5-6,11,14-15H,3-4,7-9H2,(H,19,20,21)/t11?,14-,15?/m0/s1. The van der Waals surface area contributed by atoms with E-state index in [0.717, 1.165) is 35.3 Å². The Hall–Kier alpha value is -2.10. The SMILES string of the molecule is O=C1CCc2c(OC3=CC=C4CC5C[C@@H]5C4C3)ccnc2N1. The number of carbonyl (C=O) groups excluding carboxylic acids is 1. The number of allylic oxidation sites excluding steroid dienone is 4. The molecule has 3 aliphatic carbocycles. The summed E-state index contributed by atoms with van der Waals surface area (Å²) in [4.78, 5) is 15.7. The van der Waals surface area contributed by atoms with Crippen molar-refractivity contribution in [3.05, 3.63) is 41.3 Å². The normalized spacial score (nSPS) is 31.3. The van der Waals surface area contributed by atoms with Gasteiger partial charge in [0.05, 0.1) is 0 Å². The monoisotopic (exact) mass is 294 g/mol. The minimum atomic E-state index is 0.0346. The first kappa shape index (κ1) is 12.4. The molecular weight excluding hydrogens is 276 g/mol. The Labute approximate surface area is 129 Å². The van der Waals surface area contributed by atoms with Crippen LogP contribution in [-0.2, 0) is 11.2 Å². The summed E-state index contributed by atoms with van der Waals surface area (Å²) < 4.78 is 6.19. The molecule has 1 amide bonds. The molecule has 0 saturated heterocycles. The van der Waals surface area contributed by atoms with E-state index in [4.69, 9.17) is 4.74 Å². The molecule has 1 aliphatic heterocycles. The highest BCUT2D eigenvalue weighted by Gasteiger charge is 2.51. The molecule has 0 aromatic carbocycles. The van der Waals surface area contributed by atoms with Gasteiger partial charge in [0.2, 0.25) is 5.91 Å². The third-order valence-corrected chi connectivity index (χ3v) is 5.49. The molecule has 4 aliphatic rings. The number of carbonyl (C=O) groups is 1. The summed E-state index contributed by atoms with van der Waals surface area (Å²) in [5, 5.41) is 2.83. The molecule has 2 unspecified atom stereocenters. The fourth-order valence-corrected chi connectivity index (χ4v) is 4.26. The second-order valence-corrected chi connectivity index (χ2v) is 6.84. The van der Waals surface area contributed by atoms with E-state index in [-0.39, 0.29) is 5.91 Å². The Morgan fingerprint density at radius 1 is 1.23 bits per heavy atom. The van der Waals surface area contributed by atoms with E-state index >= 15 is 0 Å². The molecule has 3 atom stereocenters. The van der Waals surface area contributed by atoms with Gasteiger partial charge in [-0.1, -0.05) is 11.6 Å². The summed E-state index contributed by atoms with van der Waals surface area (Å²) in [6, 6.07) is 1.91. The molecule has 0 radical (unpaired) electrons. The lowest BCUT2D eigenvalue weighted by Gasteiger charge is -2.24. The number of rotatable bonds is 2. The first-order chi connectivity index (χ1) is 10.8. The van der Waals surface area contributed by atoms with Crippen molar-refractivity contribution in [1.29, 1.82) is 0 Å². The van der Waals surface area contributed by atoms with Crippen molar-refractivity contribution >= 4 is 11.7 Å². The molecule has 1 aromatic heterocycles. The molecule has 1 N–H and O–H groups in total. The largest absolute Gasteiger partial charge is 0.461 e. The Bertz CT molecular complexity index is 735. The van der Waals surface area contributed by atoms with Crippen LogP contribution in [0.25, 0.3) is 0 Å². The molecule has 0 bridgehead atoms. The maximum absolute atomic E-state index is 11.5. The molecule has 2 heterocycles. The van der Waals surface area contributed by atoms with Gasteiger partial charge < -0.3 is 10.1 Å². The number of aromatic nitrogens is 1. The van der Waals surface area contributed by atoms with E-state index in [1.54, 1.807) is 11.8 Å². The van der Waals surface area contributed by atoms with Crippen LogP contribution in [0.5, 0.6) is 5.75 Å². The molecule has 0 spiro atoms. The van der Waals surface area contributed by atoms with E-state index in [1.165, 1.54) is 12.8 Å². The van der Waals surface area contributed by atoms with Crippen molar-refractivity contribution in [2.45, 2.75) is 32.1 Å². The van der Waals surface area contributed by atoms with Gasteiger partial charge in [0.1, 0.15) is 17.3 Å². The average molecular weight is 294 g/mol. The minimum Gasteiger partial charge on any atom is -0.461 e. The fraction of sp³-hybridized carbons (Fsp3) is 0.444. The lowest BCUT2D eigenvalue weighted by atomic mass is 9.89. The number of hydrogen-bond acceptors (Lipinski definition) is 3. The Morgan fingerprint density at radius 2 is 2.18 bits per heavy atom. The summed E-state index contributed by atoms with van der Waals surface area (Å²) in [6.07, 6.45) is 11.0. The van der Waals surface area contributed by atoms with Crippen LogP contribution in [0.15, 0.2) is 35.7 Å². The minimum absolute atomic E-state index is 0.0346. The number of nitrogens with zero attached hydrogens (tertiary/aromatic N) is 1. The fourth-order valence-electron chi connectivity index (χ4n) is 4.26. The van der Waals surface area contributed by atoms with Crippen molar-refractivity contribution in [1.82, 2.24) is 4.98 Å². The van der Waals surface area contributed by atoms with Gasteiger partial charge in [-0.15, -0.1) is 0 Å². The van der Waals surface area contributed by atoms with Crippen molar-refractivity contribution < 1.29 is 9.53 Å². The Kier molecular flexibility index (Phi) is 2.52. The zero-order chi connectivity index (χ0) is 14.7. The van der Waals surface area contributed by atoms with Crippen LogP contribution in [0, 0.1) is 17.8 Å². The quantitative estimate of drug-likeness (QED) is 0.911. The summed E-state index contributed by atoms with van der Waals surface area (Å²) in [5.41, 5.74) is 2.64. The summed E-state index contributed by atoms with van der Waals surface area (Å²) >= 11 is 0. The van der Waals surface area contributed by atoms with Crippen molar-refractivity contribution in [3.63, 3.8) is 0 Å². The molecule has 2 saturated carbocycles. The van der Waals surface area contributed by atoms with E-state index in [0.29, 0.717) is 24.6 Å². The van der Waals surface area contributed by atoms with E-state index < -0.39 is 0 Å². The molecule has 2 fully saturated rings. The van der Waals surface area contributed by atoms with Crippen LogP contribution in [-0.4, -0.2) is 10.9 Å². The number of fused-ring (bicyclic) bond motifs is 4. The number of amides is 1. The van der Waals surface area contributed by atoms with Gasteiger partial charge in [-0.3, -0.25) is 4.79 Å². The molecular formula is C18H18N2O2. The molecule has 112 valence electrons. The number of hydrogen-bond donors (Lipinski definition) is 1. The van der Waals surface area contributed by atoms with E-state index in [2.05, 4.69) is 22.5 Å². The van der Waals surface area contributed by atoms with Crippen molar-refractivity contribution in [3.8, 4) is 5.75 Å². The predicted octanol–water partition coefficient (Wildman–Crippen LogP) is 3.22. The number of ether oxygens (including phenoxy) is 1. The van der Waals surface area contributed by atoms with Crippen LogP contribution in [0.1, 0.15) is 31.2 Å². The second kappa shape index (κ2) is 4.45. The van der Waals surface area contributed by atoms with Crippen molar-refractivity contribution in [2.24, 2.45) is 17.8 Å². The lowest BCUT2D eigenvalue weighted by molar-refractivity contribution is -0.116. The number of nitrogens with one attached hydrogen (secondary N) is 1. The van der Waals surface area contributed by atoms with Gasteiger partial charge in [0.25, 0.3) is 0 Å². The maximum atomic E-state index is 11.5. The summed E-state index contributed by atoms with van der Waals surface area (Å²) in [5.74, 6) is 5.15. The topological polar surface area (TPSA) is 51.2 Å². The zero-order valence-corrected chi connectivity index (χ0v) is 12.3. The molecule has 4 nitrogen and oxygen atoms in total. The van der Waals surface area contributed by atoms with Crippen LogP contribution in [0.4, 0.5) is 5.82 Å². The van der Waals surface area contributed by atoms with Gasteiger partial charge in [0.15, 0.2) is 0 Å². The first-order valence-electron chi connectivity index (χ1n) is 8.13. The third-order valence-electron chi connectivity index (χ3n) is 5.49. The first-order valence-corrected chi connectivity index (χ1v) is 8.13. The van der Waals surface area contributed by atoms with Crippen LogP contribution in [0.2, 0.25) is 0 Å². The van der Waals surface area contributed by atoms with Crippen LogP contribution >= 0.6 is 0 Å². The maximum Gasteiger partial charge on any atom is 0.225 e. The lowest BCUT2D eigenvalue weighted by Crippen LogP contribution is -2.21. The number of anilines is 1. The smallest absolute Gasteiger partial charge is 0.225 e. The van der Waals surface area contributed by atoms with Gasteiger partial charge in [0, 0.05) is 24.6 Å². The van der Waals surface area contributed by atoms with Crippen LogP contribution in [0.3, 0.4) is 0 Å². The molecule has 22 heavy (non-hydrogen) atoms. The third kappa shape index (κ3) is 1.90. The average Bonchev–Trinajstić information content (AvgIpc) is 3.20.